The number of anilines is 1. The molecule has 0 N–H and O–H groups in total. The van der Waals surface area contributed by atoms with E-state index in [0.717, 1.165) is 42.1 Å². The second-order valence-corrected chi connectivity index (χ2v) is 10.0. The van der Waals surface area contributed by atoms with Crippen molar-refractivity contribution in [2.45, 2.75) is 29.9 Å². The highest BCUT2D eigenvalue weighted by molar-refractivity contribution is 7.98. The van der Waals surface area contributed by atoms with Crippen LogP contribution in [0.15, 0.2) is 66.0 Å². The third-order valence-corrected chi connectivity index (χ3v) is 7.94. The summed E-state index contributed by atoms with van der Waals surface area (Å²) in [5.74, 6) is 1.68. The van der Waals surface area contributed by atoms with Crippen LogP contribution in [0.25, 0.3) is 16.6 Å². The van der Waals surface area contributed by atoms with Gasteiger partial charge >= 0.3 is 0 Å². The van der Waals surface area contributed by atoms with Gasteiger partial charge < -0.3 is 9.64 Å². The molecule has 0 saturated carbocycles. The van der Waals surface area contributed by atoms with E-state index in [0.29, 0.717) is 23.4 Å². The number of ether oxygens (including phenoxy) is 1. The molecule has 7 rings (SSSR count). The fourth-order valence-corrected chi connectivity index (χ4v) is 5.73. The van der Waals surface area contributed by atoms with E-state index in [-0.39, 0.29) is 0 Å². The van der Waals surface area contributed by atoms with Gasteiger partial charge in [0, 0.05) is 53.9 Å². The summed E-state index contributed by atoms with van der Waals surface area (Å²) in [6, 6.07) is 18.4. The third kappa shape index (κ3) is 3.91. The molecule has 3 aromatic heterocycles. The largest absolute Gasteiger partial charge is 0.495 e. The molecule has 0 aliphatic carbocycles. The van der Waals surface area contributed by atoms with Crippen LogP contribution in [0.5, 0.6) is 5.75 Å². The van der Waals surface area contributed by atoms with E-state index in [4.69, 9.17) is 9.72 Å². The number of methoxy groups -OCH3 is 1. The lowest BCUT2D eigenvalue weighted by molar-refractivity contribution is -0.00869. The molecule has 4 aromatic rings. The molecule has 2 bridgehead atoms. The fourth-order valence-electron chi connectivity index (χ4n) is 5.32. The summed E-state index contributed by atoms with van der Waals surface area (Å²) in [6.07, 6.45) is 8.64. The van der Waals surface area contributed by atoms with Crippen molar-refractivity contribution in [3.05, 3.63) is 72.2 Å². The number of fused-ring (bicyclic) bond motifs is 3. The zero-order valence-electron chi connectivity index (χ0n) is 19.8. The lowest BCUT2D eigenvalue weighted by Gasteiger charge is -2.56. The zero-order valence-corrected chi connectivity index (χ0v) is 20.6. The van der Waals surface area contributed by atoms with Gasteiger partial charge in [0.25, 0.3) is 0 Å². The monoisotopic (exact) mass is 482 g/mol. The lowest BCUT2D eigenvalue weighted by Crippen LogP contribution is -2.68. The lowest BCUT2D eigenvalue weighted by atomic mass is 9.86. The highest BCUT2D eigenvalue weighted by atomic mass is 32.2. The summed E-state index contributed by atoms with van der Waals surface area (Å²) < 4.78 is 7.15. The molecule has 8 heteroatoms. The highest BCUT2D eigenvalue weighted by Gasteiger charge is 2.44. The second-order valence-electron chi connectivity index (χ2n) is 9.13. The first-order valence-corrected chi connectivity index (χ1v) is 12.9. The van der Waals surface area contributed by atoms with Gasteiger partial charge in [0.15, 0.2) is 0 Å². The Hall–Kier alpha value is -3.54. The molecular formula is C27H26N6OS. The minimum Gasteiger partial charge on any atom is -0.495 e. The van der Waals surface area contributed by atoms with Gasteiger partial charge in [-0.15, -0.1) is 11.8 Å². The van der Waals surface area contributed by atoms with Crippen LogP contribution in [-0.2, 0) is 6.54 Å². The average molecular weight is 483 g/mol. The molecule has 7 nitrogen and oxygen atoms in total. The maximum Gasteiger partial charge on any atom is 0.137 e. The van der Waals surface area contributed by atoms with E-state index in [2.05, 4.69) is 63.6 Å². The Kier molecular flexibility index (Phi) is 5.59. The quantitative estimate of drug-likeness (QED) is 0.376. The number of hydrogen-bond acceptors (Lipinski definition) is 7. The summed E-state index contributed by atoms with van der Waals surface area (Å²) in [4.78, 5) is 11.2. The van der Waals surface area contributed by atoms with Crippen LogP contribution in [0.2, 0.25) is 0 Å². The van der Waals surface area contributed by atoms with E-state index < -0.39 is 0 Å². The Morgan fingerprint density at radius 2 is 1.91 bits per heavy atom. The predicted octanol–water partition coefficient (Wildman–Crippen LogP) is 4.46. The van der Waals surface area contributed by atoms with Gasteiger partial charge in [-0.1, -0.05) is 12.1 Å². The first-order chi connectivity index (χ1) is 17.2. The van der Waals surface area contributed by atoms with Crippen LogP contribution in [0.4, 0.5) is 5.82 Å². The molecule has 0 amide bonds. The number of piperidine rings is 1. The summed E-state index contributed by atoms with van der Waals surface area (Å²) in [6.45, 7) is 3.01. The van der Waals surface area contributed by atoms with Gasteiger partial charge in [-0.05, 0) is 48.6 Å². The minimum atomic E-state index is 0.533. The summed E-state index contributed by atoms with van der Waals surface area (Å²) in [7, 11) is 1.63. The zero-order chi connectivity index (χ0) is 23.9. The molecule has 3 aliphatic heterocycles. The van der Waals surface area contributed by atoms with Gasteiger partial charge in [-0.2, -0.15) is 10.4 Å². The Balaban J connectivity index is 1.19. The number of hydrogen-bond donors (Lipinski definition) is 0. The van der Waals surface area contributed by atoms with E-state index in [1.807, 2.05) is 12.3 Å². The van der Waals surface area contributed by atoms with Gasteiger partial charge in [-0.3, -0.25) is 4.90 Å². The van der Waals surface area contributed by atoms with Crippen molar-refractivity contribution in [2.75, 3.05) is 31.4 Å². The van der Waals surface area contributed by atoms with Gasteiger partial charge in [-0.25, -0.2) is 9.50 Å². The number of aromatic nitrogens is 3. The van der Waals surface area contributed by atoms with Crippen LogP contribution in [0.1, 0.15) is 17.5 Å². The number of benzene rings is 1. The smallest absolute Gasteiger partial charge is 0.137 e. The molecule has 2 unspecified atom stereocenters. The SMILES string of the molecule is COc1cc(-c2ccc(N3CC4CC(C3)N4Cc3ccc(SC)cc3)nc2)c2c(C#N)cnn2c1. The van der Waals surface area contributed by atoms with Crippen molar-refractivity contribution >= 4 is 23.1 Å². The molecule has 0 radical (unpaired) electrons. The van der Waals surface area contributed by atoms with Crippen molar-refractivity contribution in [2.24, 2.45) is 0 Å². The van der Waals surface area contributed by atoms with Crippen molar-refractivity contribution in [3.8, 4) is 22.9 Å². The Bertz CT molecular complexity index is 1400. The molecule has 3 aliphatic rings. The second kappa shape index (κ2) is 8.91. The summed E-state index contributed by atoms with van der Waals surface area (Å²) in [5.41, 5.74) is 4.51. The number of piperazine rings is 1. The van der Waals surface area contributed by atoms with Crippen LogP contribution in [0.3, 0.4) is 0 Å². The third-order valence-electron chi connectivity index (χ3n) is 7.19. The van der Waals surface area contributed by atoms with Crippen LogP contribution in [0, 0.1) is 11.3 Å². The maximum absolute atomic E-state index is 9.54. The molecule has 0 spiro atoms. The molecule has 176 valence electrons. The van der Waals surface area contributed by atoms with Crippen LogP contribution in [-0.4, -0.2) is 58.0 Å². The normalized spacial score (nSPS) is 19.4. The number of rotatable bonds is 6. The Labute approximate surface area is 208 Å². The topological polar surface area (TPSA) is 69.7 Å². The standard InChI is InChI=1S/C27H26N6OS/c1-34-23-10-25(27-20(11-28)13-30-33(27)17-23)19-5-8-26(29-12-19)31-15-21-9-22(16-31)32(21)14-18-3-6-24(35-2)7-4-18/h3-8,10,12-13,17,21-22H,9,14-16H2,1-2H3. The van der Waals surface area contributed by atoms with Crippen molar-refractivity contribution < 1.29 is 4.74 Å². The van der Waals surface area contributed by atoms with Crippen molar-refractivity contribution in [1.29, 1.82) is 5.26 Å². The van der Waals surface area contributed by atoms with Crippen LogP contribution < -0.4 is 9.64 Å². The highest BCUT2D eigenvalue weighted by Crippen LogP contribution is 2.36. The number of nitrogens with zero attached hydrogens (tertiary/aromatic N) is 6. The Morgan fingerprint density at radius 3 is 2.57 bits per heavy atom. The van der Waals surface area contributed by atoms with Gasteiger partial charge in [0.05, 0.1) is 30.6 Å². The van der Waals surface area contributed by atoms with Gasteiger partial charge in [0.1, 0.15) is 17.6 Å². The minimum absolute atomic E-state index is 0.533. The van der Waals surface area contributed by atoms with E-state index >= 15 is 0 Å². The average Bonchev–Trinajstić information content (AvgIpc) is 3.34. The van der Waals surface area contributed by atoms with E-state index in [1.165, 1.54) is 16.9 Å². The number of nitriles is 1. The molecule has 3 saturated heterocycles. The molecule has 2 atom stereocenters. The van der Waals surface area contributed by atoms with E-state index in [1.54, 1.807) is 35.8 Å². The molecule has 35 heavy (non-hydrogen) atoms. The fraction of sp³-hybridized carbons (Fsp3) is 0.296. The van der Waals surface area contributed by atoms with Crippen molar-refractivity contribution in [3.63, 3.8) is 0 Å². The maximum atomic E-state index is 9.54. The number of thioether (sulfide) groups is 1. The Morgan fingerprint density at radius 1 is 1.11 bits per heavy atom. The number of pyridine rings is 2. The first-order valence-electron chi connectivity index (χ1n) is 11.7. The molecule has 6 heterocycles. The van der Waals surface area contributed by atoms with Gasteiger partial charge in [0.2, 0.25) is 0 Å². The molecule has 1 aromatic carbocycles. The van der Waals surface area contributed by atoms with E-state index in [9.17, 15) is 5.26 Å². The van der Waals surface area contributed by atoms with Crippen molar-refractivity contribution in [1.82, 2.24) is 19.5 Å². The predicted molar refractivity (Wildman–Crippen MR) is 138 cm³/mol. The molecule has 3 fully saturated rings. The first kappa shape index (κ1) is 22.0. The summed E-state index contributed by atoms with van der Waals surface area (Å²) >= 11 is 1.78. The molecular weight excluding hydrogens is 456 g/mol. The summed E-state index contributed by atoms with van der Waals surface area (Å²) in [5, 5.41) is 13.9. The van der Waals surface area contributed by atoms with Crippen LogP contribution >= 0.6 is 11.8 Å².